The molecule has 4 nitrogen and oxygen atoms in total. The van der Waals surface area contributed by atoms with Gasteiger partial charge in [-0.05, 0) is 28.8 Å². The highest BCUT2D eigenvalue weighted by atomic mass is 32.2. The molecule has 0 unspecified atom stereocenters. The molecule has 3 rings (SSSR count). The van der Waals surface area contributed by atoms with Crippen LogP contribution in [0.2, 0.25) is 0 Å². The molecule has 0 saturated heterocycles. The molecule has 0 saturated carbocycles. The summed E-state index contributed by atoms with van der Waals surface area (Å²) >= 11 is 1.66. The van der Waals surface area contributed by atoms with Crippen LogP contribution in [-0.4, -0.2) is 22.5 Å². The summed E-state index contributed by atoms with van der Waals surface area (Å²) in [4.78, 5) is 0. The lowest BCUT2D eigenvalue weighted by Gasteiger charge is -2.06. The van der Waals surface area contributed by atoms with Crippen molar-refractivity contribution in [2.75, 3.05) is 7.11 Å². The Kier molecular flexibility index (Phi) is 4.21. The van der Waals surface area contributed by atoms with Crippen LogP contribution in [0.4, 0.5) is 0 Å². The van der Waals surface area contributed by atoms with E-state index in [4.69, 9.17) is 4.74 Å². The van der Waals surface area contributed by atoms with E-state index in [2.05, 4.69) is 45.7 Å². The first-order chi connectivity index (χ1) is 10.3. The number of hydrogen-bond acceptors (Lipinski definition) is 4. The molecule has 1 aromatic heterocycles. The summed E-state index contributed by atoms with van der Waals surface area (Å²) in [5.74, 6) is 1.75. The van der Waals surface area contributed by atoms with Gasteiger partial charge in [-0.3, -0.25) is 0 Å². The van der Waals surface area contributed by atoms with Crippen molar-refractivity contribution in [1.29, 1.82) is 0 Å². The van der Waals surface area contributed by atoms with Gasteiger partial charge in [0.2, 0.25) is 0 Å². The molecule has 5 heteroatoms. The molecule has 0 radical (unpaired) electrons. The van der Waals surface area contributed by atoms with Crippen LogP contribution in [0.5, 0.6) is 5.75 Å². The van der Waals surface area contributed by atoms with E-state index >= 15 is 0 Å². The number of rotatable bonds is 5. The minimum atomic E-state index is 0.873. The normalized spacial score (nSPS) is 10.5. The Labute approximate surface area is 127 Å². The molecule has 0 aliphatic carbocycles. The molecule has 1 N–H and O–H groups in total. The minimum absolute atomic E-state index is 0.873. The second kappa shape index (κ2) is 6.45. The lowest BCUT2D eigenvalue weighted by atomic mass is 10.0. The number of nitrogens with one attached hydrogen (secondary N) is 1. The molecular formula is C16H15N3OS. The zero-order valence-electron chi connectivity index (χ0n) is 11.6. The van der Waals surface area contributed by atoms with Crippen LogP contribution in [0.25, 0.3) is 11.1 Å². The van der Waals surface area contributed by atoms with Gasteiger partial charge in [0.05, 0.1) is 13.3 Å². The van der Waals surface area contributed by atoms with Gasteiger partial charge in [0.15, 0.2) is 0 Å². The lowest BCUT2D eigenvalue weighted by molar-refractivity contribution is 0.415. The van der Waals surface area contributed by atoms with E-state index in [1.807, 2.05) is 18.2 Å². The number of H-pyrrole nitrogens is 1. The van der Waals surface area contributed by atoms with E-state index in [9.17, 15) is 0 Å². The quantitative estimate of drug-likeness (QED) is 0.728. The van der Waals surface area contributed by atoms with E-state index in [1.54, 1.807) is 25.1 Å². The first kappa shape index (κ1) is 13.7. The molecule has 0 spiro atoms. The molecule has 1 heterocycles. The molecule has 0 fully saturated rings. The third-order valence-corrected chi connectivity index (χ3v) is 4.11. The van der Waals surface area contributed by atoms with Crippen molar-refractivity contribution in [2.24, 2.45) is 0 Å². The zero-order valence-corrected chi connectivity index (χ0v) is 12.4. The SMILES string of the molecule is COc1cccc(-c2ccc(CSc3cn[nH]n3)cc2)c1. The van der Waals surface area contributed by atoms with Gasteiger partial charge in [-0.25, -0.2) is 0 Å². The predicted octanol–water partition coefficient (Wildman–Crippen LogP) is 3.77. The van der Waals surface area contributed by atoms with Gasteiger partial charge in [-0.15, -0.1) is 5.10 Å². The van der Waals surface area contributed by atoms with Crippen LogP contribution in [-0.2, 0) is 5.75 Å². The molecule has 0 bridgehead atoms. The van der Waals surface area contributed by atoms with Crippen molar-refractivity contribution in [2.45, 2.75) is 10.8 Å². The maximum absolute atomic E-state index is 5.26. The average molecular weight is 297 g/mol. The van der Waals surface area contributed by atoms with Gasteiger partial charge < -0.3 is 4.74 Å². The van der Waals surface area contributed by atoms with Crippen molar-refractivity contribution in [3.8, 4) is 16.9 Å². The van der Waals surface area contributed by atoms with Crippen molar-refractivity contribution in [3.63, 3.8) is 0 Å². The topological polar surface area (TPSA) is 50.8 Å². The molecule has 106 valence electrons. The molecular weight excluding hydrogens is 282 g/mol. The number of thioether (sulfide) groups is 1. The number of aromatic nitrogens is 3. The summed E-state index contributed by atoms with van der Waals surface area (Å²) < 4.78 is 5.26. The standard InChI is InChI=1S/C16H15N3OS/c1-20-15-4-2-3-14(9-15)13-7-5-12(6-8-13)11-21-16-10-17-19-18-16/h2-10H,11H2,1H3,(H,17,18,19). The summed E-state index contributed by atoms with van der Waals surface area (Å²) in [6.07, 6.45) is 1.73. The van der Waals surface area contributed by atoms with Crippen LogP contribution in [0.1, 0.15) is 5.56 Å². The number of ether oxygens (including phenoxy) is 1. The van der Waals surface area contributed by atoms with Gasteiger partial charge in [0.1, 0.15) is 10.8 Å². The summed E-state index contributed by atoms with van der Waals surface area (Å²) in [5.41, 5.74) is 3.60. The first-order valence-corrected chi connectivity index (χ1v) is 7.55. The Hall–Kier alpha value is -2.27. The van der Waals surface area contributed by atoms with E-state index < -0.39 is 0 Å². The molecule has 21 heavy (non-hydrogen) atoms. The maximum Gasteiger partial charge on any atom is 0.139 e. The summed E-state index contributed by atoms with van der Waals surface area (Å²) in [6, 6.07) is 16.6. The van der Waals surface area contributed by atoms with Crippen LogP contribution in [0, 0.1) is 0 Å². The summed E-state index contributed by atoms with van der Waals surface area (Å²) in [6.45, 7) is 0. The van der Waals surface area contributed by atoms with Crippen molar-refractivity contribution >= 4 is 11.8 Å². The smallest absolute Gasteiger partial charge is 0.139 e. The molecule has 0 aliphatic rings. The van der Waals surface area contributed by atoms with Crippen molar-refractivity contribution in [3.05, 3.63) is 60.3 Å². The van der Waals surface area contributed by atoms with Gasteiger partial charge >= 0.3 is 0 Å². The Balaban J connectivity index is 1.71. The Morgan fingerprint density at radius 1 is 1.10 bits per heavy atom. The van der Waals surface area contributed by atoms with Gasteiger partial charge in [-0.1, -0.05) is 48.2 Å². The minimum Gasteiger partial charge on any atom is -0.497 e. The largest absolute Gasteiger partial charge is 0.497 e. The van der Waals surface area contributed by atoms with E-state index in [1.165, 1.54) is 11.1 Å². The number of methoxy groups -OCH3 is 1. The fraction of sp³-hybridized carbons (Fsp3) is 0.125. The van der Waals surface area contributed by atoms with Gasteiger partial charge in [0.25, 0.3) is 0 Å². The second-order valence-electron chi connectivity index (χ2n) is 4.53. The monoisotopic (exact) mass is 297 g/mol. The molecule has 2 aromatic carbocycles. The highest BCUT2D eigenvalue weighted by molar-refractivity contribution is 7.98. The molecule has 0 atom stereocenters. The fourth-order valence-corrected chi connectivity index (χ4v) is 2.75. The third-order valence-electron chi connectivity index (χ3n) is 3.14. The van der Waals surface area contributed by atoms with Crippen LogP contribution in [0.3, 0.4) is 0 Å². The van der Waals surface area contributed by atoms with E-state index in [0.29, 0.717) is 0 Å². The molecule has 3 aromatic rings. The Morgan fingerprint density at radius 2 is 1.95 bits per heavy atom. The summed E-state index contributed by atoms with van der Waals surface area (Å²) in [7, 11) is 1.68. The Morgan fingerprint density at radius 3 is 2.67 bits per heavy atom. The fourth-order valence-electron chi connectivity index (χ4n) is 2.01. The predicted molar refractivity (Wildman–Crippen MR) is 84.4 cm³/mol. The summed E-state index contributed by atoms with van der Waals surface area (Å²) in [5, 5.41) is 11.3. The van der Waals surface area contributed by atoms with E-state index in [-0.39, 0.29) is 0 Å². The number of benzene rings is 2. The Bertz CT molecular complexity index is 696. The highest BCUT2D eigenvalue weighted by Crippen LogP contribution is 2.25. The highest BCUT2D eigenvalue weighted by Gasteiger charge is 2.02. The van der Waals surface area contributed by atoms with Crippen LogP contribution in [0.15, 0.2) is 59.8 Å². The molecule has 0 amide bonds. The molecule has 0 aliphatic heterocycles. The lowest BCUT2D eigenvalue weighted by Crippen LogP contribution is -1.85. The van der Waals surface area contributed by atoms with Gasteiger partial charge in [-0.2, -0.15) is 10.3 Å². The van der Waals surface area contributed by atoms with Crippen molar-refractivity contribution < 1.29 is 4.74 Å². The van der Waals surface area contributed by atoms with E-state index in [0.717, 1.165) is 22.1 Å². The maximum atomic E-state index is 5.26. The van der Waals surface area contributed by atoms with Crippen LogP contribution >= 0.6 is 11.8 Å². The van der Waals surface area contributed by atoms with Crippen molar-refractivity contribution in [1.82, 2.24) is 15.4 Å². The number of hydrogen-bond donors (Lipinski definition) is 1. The van der Waals surface area contributed by atoms with Gasteiger partial charge in [0, 0.05) is 5.75 Å². The number of nitrogens with zero attached hydrogens (tertiary/aromatic N) is 2. The first-order valence-electron chi connectivity index (χ1n) is 6.57. The van der Waals surface area contributed by atoms with Crippen LogP contribution < -0.4 is 4.74 Å². The zero-order chi connectivity index (χ0) is 14.5. The second-order valence-corrected chi connectivity index (χ2v) is 5.52. The average Bonchev–Trinajstić information content (AvgIpc) is 3.07. The number of aromatic amines is 1. The third kappa shape index (κ3) is 3.44.